The van der Waals surface area contributed by atoms with Crippen LogP contribution in [0, 0.1) is 11.3 Å². The Hall–Kier alpha value is -1.48. The van der Waals surface area contributed by atoms with Crippen molar-refractivity contribution in [1.82, 2.24) is 5.32 Å². The Kier molecular flexibility index (Phi) is 4.54. The predicted octanol–water partition coefficient (Wildman–Crippen LogP) is 5.97. The molecular weight excluding hydrogens is 389 g/mol. The summed E-state index contributed by atoms with van der Waals surface area (Å²) in [5.74, 6) is 0.488. The zero-order valence-corrected chi connectivity index (χ0v) is 16.5. The second kappa shape index (κ2) is 6.60. The lowest BCUT2D eigenvalue weighted by Crippen LogP contribution is -2.34. The first kappa shape index (κ1) is 17.9. The van der Waals surface area contributed by atoms with Gasteiger partial charge in [-0.25, -0.2) is 0 Å². The molecule has 4 rings (SSSR count). The van der Waals surface area contributed by atoms with Gasteiger partial charge < -0.3 is 5.32 Å². The summed E-state index contributed by atoms with van der Waals surface area (Å²) in [5, 5.41) is 4.93. The highest BCUT2D eigenvalue weighted by atomic mass is 35.5. The summed E-state index contributed by atoms with van der Waals surface area (Å²) in [6.07, 6.45) is 2.99. The first-order valence-electron chi connectivity index (χ1n) is 8.60. The molecule has 0 aromatic heterocycles. The number of amides is 1. The van der Waals surface area contributed by atoms with Crippen molar-refractivity contribution in [2.45, 2.75) is 19.3 Å². The van der Waals surface area contributed by atoms with Gasteiger partial charge in [-0.3, -0.25) is 4.79 Å². The van der Waals surface area contributed by atoms with Crippen molar-refractivity contribution in [1.29, 1.82) is 0 Å². The fourth-order valence-corrected chi connectivity index (χ4v) is 4.79. The zero-order valence-electron chi connectivity index (χ0n) is 14.2. The Morgan fingerprint density at radius 2 is 1.73 bits per heavy atom. The Balaban J connectivity index is 1.88. The molecule has 2 unspecified atom stereocenters. The monoisotopic (exact) mass is 405 g/mol. The first-order chi connectivity index (χ1) is 12.4. The third-order valence-corrected chi connectivity index (χ3v) is 6.51. The maximum atomic E-state index is 12.5. The second-order valence-corrected chi connectivity index (χ2v) is 8.53. The topological polar surface area (TPSA) is 29.1 Å². The van der Waals surface area contributed by atoms with Crippen LogP contribution in [-0.2, 0) is 4.79 Å². The highest BCUT2D eigenvalue weighted by molar-refractivity contribution is 6.35. The van der Waals surface area contributed by atoms with Crippen molar-refractivity contribution in [3.8, 4) is 0 Å². The largest absolute Gasteiger partial charge is 0.355 e. The van der Waals surface area contributed by atoms with Gasteiger partial charge >= 0.3 is 0 Å². The summed E-state index contributed by atoms with van der Waals surface area (Å²) >= 11 is 18.7. The molecule has 2 nitrogen and oxygen atoms in total. The van der Waals surface area contributed by atoms with Crippen LogP contribution >= 0.6 is 34.8 Å². The van der Waals surface area contributed by atoms with Gasteiger partial charge in [-0.15, -0.1) is 0 Å². The van der Waals surface area contributed by atoms with E-state index in [4.69, 9.17) is 34.8 Å². The number of allylic oxidation sites excluding steroid dienone is 1. The molecular formula is C21H18Cl3NO. The van der Waals surface area contributed by atoms with Crippen LogP contribution in [0.1, 0.15) is 30.4 Å². The summed E-state index contributed by atoms with van der Waals surface area (Å²) in [6, 6.07) is 13.5. The third kappa shape index (κ3) is 2.94. The predicted molar refractivity (Wildman–Crippen MR) is 108 cm³/mol. The van der Waals surface area contributed by atoms with E-state index < -0.39 is 5.41 Å². The van der Waals surface area contributed by atoms with E-state index in [0.717, 1.165) is 17.6 Å². The quantitative estimate of drug-likeness (QED) is 0.654. The van der Waals surface area contributed by atoms with Crippen molar-refractivity contribution in [3.05, 3.63) is 74.7 Å². The lowest BCUT2D eigenvalue weighted by atomic mass is 9.65. The van der Waals surface area contributed by atoms with Crippen LogP contribution < -0.4 is 5.32 Å². The molecule has 2 aromatic carbocycles. The van der Waals surface area contributed by atoms with E-state index in [1.54, 1.807) is 6.07 Å². The molecule has 1 fully saturated rings. The molecule has 1 amide bonds. The molecule has 2 aromatic rings. The Bertz CT molecular complexity index is 906. The molecule has 5 heteroatoms. The molecule has 0 spiro atoms. The second-order valence-electron chi connectivity index (χ2n) is 7.25. The maximum absolute atomic E-state index is 12.5. The van der Waals surface area contributed by atoms with Crippen molar-refractivity contribution in [2.75, 3.05) is 6.54 Å². The van der Waals surface area contributed by atoms with Gasteiger partial charge in [-0.05, 0) is 60.2 Å². The lowest BCUT2D eigenvalue weighted by Gasteiger charge is -2.37. The van der Waals surface area contributed by atoms with E-state index in [9.17, 15) is 4.79 Å². The molecule has 0 bridgehead atoms. The van der Waals surface area contributed by atoms with E-state index in [2.05, 4.69) is 23.5 Å². The average Bonchev–Trinajstić information content (AvgIpc) is 2.89. The SMILES string of the molecule is CC12C=C(c3ccc(Cl)cc3Cl)[C@@H](c3ccc(Cl)cc3)CC1CNC2=O. The number of nitrogens with one attached hydrogen (secondary N) is 1. The molecule has 1 aliphatic carbocycles. The summed E-state index contributed by atoms with van der Waals surface area (Å²) in [4.78, 5) is 12.5. The molecule has 1 heterocycles. The van der Waals surface area contributed by atoms with E-state index in [0.29, 0.717) is 21.6 Å². The molecule has 3 atom stereocenters. The number of carbonyl (C=O) groups is 1. The standard InChI is InChI=1S/C21H18Cl3NO/c1-21-10-18(16-7-6-15(23)9-19(16)24)17(8-13(21)11-25-20(21)26)12-2-4-14(22)5-3-12/h2-7,9-10,13,17H,8,11H2,1H3,(H,25,26)/t13?,17-,21?/m1/s1. The van der Waals surface area contributed by atoms with Gasteiger partial charge in [0.2, 0.25) is 5.91 Å². The van der Waals surface area contributed by atoms with E-state index in [1.807, 2.05) is 31.2 Å². The molecule has 1 N–H and O–H groups in total. The van der Waals surface area contributed by atoms with E-state index in [-0.39, 0.29) is 17.7 Å². The number of hydrogen-bond donors (Lipinski definition) is 1. The van der Waals surface area contributed by atoms with Crippen molar-refractivity contribution in [2.24, 2.45) is 11.3 Å². The van der Waals surface area contributed by atoms with Crippen LogP contribution in [0.5, 0.6) is 0 Å². The number of benzene rings is 2. The number of fused-ring (bicyclic) bond motifs is 1. The number of carbonyl (C=O) groups excluding carboxylic acids is 1. The molecule has 26 heavy (non-hydrogen) atoms. The average molecular weight is 407 g/mol. The Morgan fingerprint density at radius 3 is 2.42 bits per heavy atom. The van der Waals surface area contributed by atoms with Crippen LogP contribution in [0.2, 0.25) is 15.1 Å². The van der Waals surface area contributed by atoms with Gasteiger partial charge in [0.25, 0.3) is 0 Å². The Morgan fingerprint density at radius 1 is 1.04 bits per heavy atom. The molecule has 1 saturated heterocycles. The summed E-state index contributed by atoms with van der Waals surface area (Å²) in [5.41, 5.74) is 2.66. The van der Waals surface area contributed by atoms with Crippen LogP contribution in [0.4, 0.5) is 0 Å². The zero-order chi connectivity index (χ0) is 18.5. The van der Waals surface area contributed by atoms with Crippen LogP contribution in [0.3, 0.4) is 0 Å². The molecule has 1 aliphatic heterocycles. The van der Waals surface area contributed by atoms with Crippen LogP contribution in [-0.4, -0.2) is 12.5 Å². The minimum Gasteiger partial charge on any atom is -0.355 e. The fourth-order valence-electron chi connectivity index (χ4n) is 4.15. The summed E-state index contributed by atoms with van der Waals surface area (Å²) < 4.78 is 0. The van der Waals surface area contributed by atoms with Gasteiger partial charge in [0.1, 0.15) is 0 Å². The minimum atomic E-state index is -0.513. The lowest BCUT2D eigenvalue weighted by molar-refractivity contribution is -0.125. The Labute approximate surface area is 168 Å². The van der Waals surface area contributed by atoms with Gasteiger partial charge in [-0.2, -0.15) is 0 Å². The third-order valence-electron chi connectivity index (χ3n) is 5.71. The van der Waals surface area contributed by atoms with Gasteiger partial charge in [0.15, 0.2) is 0 Å². The fraction of sp³-hybridized carbons (Fsp3) is 0.286. The first-order valence-corrected chi connectivity index (χ1v) is 9.74. The van der Waals surface area contributed by atoms with Crippen molar-refractivity contribution >= 4 is 46.3 Å². The highest BCUT2D eigenvalue weighted by Crippen LogP contribution is 2.52. The molecule has 2 aliphatic rings. The van der Waals surface area contributed by atoms with Crippen molar-refractivity contribution in [3.63, 3.8) is 0 Å². The van der Waals surface area contributed by atoms with Crippen molar-refractivity contribution < 1.29 is 4.79 Å². The summed E-state index contributed by atoms with van der Waals surface area (Å²) in [7, 11) is 0. The minimum absolute atomic E-state index is 0.0830. The van der Waals surface area contributed by atoms with Gasteiger partial charge in [0.05, 0.1) is 5.41 Å². The normalized spacial score (nSPS) is 27.7. The number of rotatable bonds is 2. The van der Waals surface area contributed by atoms with Crippen LogP contribution in [0.25, 0.3) is 5.57 Å². The molecule has 0 saturated carbocycles. The smallest absolute Gasteiger partial charge is 0.230 e. The highest BCUT2D eigenvalue weighted by Gasteiger charge is 2.49. The van der Waals surface area contributed by atoms with E-state index >= 15 is 0 Å². The van der Waals surface area contributed by atoms with E-state index in [1.165, 1.54) is 5.56 Å². The molecule has 134 valence electrons. The molecule has 0 radical (unpaired) electrons. The summed E-state index contributed by atoms with van der Waals surface area (Å²) in [6.45, 7) is 2.72. The number of halogens is 3. The van der Waals surface area contributed by atoms with Gasteiger partial charge in [0, 0.05) is 27.5 Å². The van der Waals surface area contributed by atoms with Gasteiger partial charge in [-0.1, -0.05) is 59.1 Å². The maximum Gasteiger partial charge on any atom is 0.230 e. The number of hydrogen-bond acceptors (Lipinski definition) is 1. The van der Waals surface area contributed by atoms with Crippen LogP contribution in [0.15, 0.2) is 48.5 Å².